The zero-order chi connectivity index (χ0) is 18.0. The van der Waals surface area contributed by atoms with Gasteiger partial charge >= 0.3 is 0 Å². The summed E-state index contributed by atoms with van der Waals surface area (Å²) in [5.74, 6) is 1.82. The summed E-state index contributed by atoms with van der Waals surface area (Å²) in [6, 6.07) is 7.87. The van der Waals surface area contributed by atoms with Crippen molar-refractivity contribution in [2.75, 3.05) is 5.32 Å². The van der Waals surface area contributed by atoms with Crippen LogP contribution in [-0.2, 0) is 16.3 Å². The van der Waals surface area contributed by atoms with E-state index in [1.165, 1.54) is 17.3 Å². The lowest BCUT2D eigenvalue weighted by Crippen LogP contribution is -2.23. The number of carbonyl (C=O) groups is 1. The molecule has 0 radical (unpaired) electrons. The van der Waals surface area contributed by atoms with Crippen molar-refractivity contribution in [3.05, 3.63) is 51.4 Å². The Hall–Kier alpha value is -1.73. The van der Waals surface area contributed by atoms with Crippen molar-refractivity contribution in [1.29, 1.82) is 0 Å². The fraction of sp³-hybridized carbons (Fsp3) is 0.389. The zero-order valence-corrected chi connectivity index (χ0v) is 16.1. The fourth-order valence-electron chi connectivity index (χ4n) is 2.51. The number of benzene rings is 1. The maximum Gasteiger partial charge on any atom is 0.255 e. The molecule has 7 heteroatoms. The van der Waals surface area contributed by atoms with E-state index >= 15 is 0 Å². The number of nitrogens with one attached hydrogen (secondary N) is 2. The number of carbonyl (C=O) groups excluding carboxylic acids is 1. The summed E-state index contributed by atoms with van der Waals surface area (Å²) < 4.78 is 0. The van der Waals surface area contributed by atoms with E-state index in [2.05, 4.69) is 29.1 Å². The minimum Gasteiger partial charge on any atom is -0.325 e. The molecular formula is C18H21N3O2S2. The number of rotatable bonds is 5. The number of nitrogens with zero attached hydrogens (tertiary/aromatic N) is 1. The van der Waals surface area contributed by atoms with Gasteiger partial charge in [0.2, 0.25) is 5.91 Å². The molecule has 1 atom stereocenters. The third kappa shape index (κ3) is 4.27. The molecule has 132 valence electrons. The van der Waals surface area contributed by atoms with Crippen LogP contribution in [0.5, 0.6) is 0 Å². The summed E-state index contributed by atoms with van der Waals surface area (Å²) in [4.78, 5) is 31.7. The van der Waals surface area contributed by atoms with Gasteiger partial charge in [-0.25, -0.2) is 4.98 Å². The van der Waals surface area contributed by atoms with Crippen molar-refractivity contribution in [2.24, 2.45) is 0 Å². The van der Waals surface area contributed by atoms with Crippen LogP contribution in [-0.4, -0.2) is 21.1 Å². The first-order valence-corrected chi connectivity index (χ1v) is 10.2. The molecule has 1 amide bonds. The van der Waals surface area contributed by atoms with Gasteiger partial charge in [-0.3, -0.25) is 9.59 Å². The number of hydrogen-bond acceptors (Lipinski definition) is 5. The topological polar surface area (TPSA) is 74.8 Å². The molecule has 5 nitrogen and oxygen atoms in total. The Morgan fingerprint density at radius 2 is 1.96 bits per heavy atom. The summed E-state index contributed by atoms with van der Waals surface area (Å²) in [6.07, 6.45) is 0. The number of hydrogen-bond donors (Lipinski definition) is 2. The van der Waals surface area contributed by atoms with Gasteiger partial charge in [-0.1, -0.05) is 37.7 Å². The highest BCUT2D eigenvalue weighted by atomic mass is 32.2. The molecule has 1 aromatic heterocycles. The molecule has 1 unspecified atom stereocenters. The largest absolute Gasteiger partial charge is 0.325 e. The maximum absolute atomic E-state index is 12.4. The Kier molecular flexibility index (Phi) is 5.54. The Balaban J connectivity index is 1.65. The lowest BCUT2D eigenvalue weighted by Gasteiger charge is -2.13. The predicted molar refractivity (Wildman–Crippen MR) is 104 cm³/mol. The van der Waals surface area contributed by atoms with E-state index in [0.29, 0.717) is 16.8 Å². The first-order valence-electron chi connectivity index (χ1n) is 8.21. The molecule has 1 aromatic carbocycles. The van der Waals surface area contributed by atoms with Crippen molar-refractivity contribution in [2.45, 2.75) is 48.6 Å². The van der Waals surface area contributed by atoms with E-state index in [9.17, 15) is 9.59 Å². The van der Waals surface area contributed by atoms with Crippen LogP contribution < -0.4 is 10.9 Å². The lowest BCUT2D eigenvalue weighted by atomic mass is 10.0. The SMILES string of the molecule is CC(Sc1nc2c(c(=O)[nH]1)CSC2)C(=O)Nc1ccc(C(C)C)cc1. The molecule has 0 bridgehead atoms. The molecular weight excluding hydrogens is 354 g/mol. The molecule has 0 fully saturated rings. The minimum absolute atomic E-state index is 0.0885. The summed E-state index contributed by atoms with van der Waals surface area (Å²) in [7, 11) is 0. The third-order valence-electron chi connectivity index (χ3n) is 4.07. The van der Waals surface area contributed by atoms with Crippen LogP contribution in [0.25, 0.3) is 0 Å². The fourth-order valence-corrected chi connectivity index (χ4v) is 4.36. The zero-order valence-electron chi connectivity index (χ0n) is 14.5. The van der Waals surface area contributed by atoms with Crippen LogP contribution in [0.4, 0.5) is 5.69 Å². The molecule has 3 rings (SSSR count). The second-order valence-corrected chi connectivity index (χ2v) is 8.63. The van der Waals surface area contributed by atoms with Gasteiger partial charge in [-0.05, 0) is 30.5 Å². The van der Waals surface area contributed by atoms with E-state index < -0.39 is 0 Å². The van der Waals surface area contributed by atoms with E-state index in [4.69, 9.17) is 0 Å². The Bertz CT molecular complexity index is 831. The predicted octanol–water partition coefficient (Wildman–Crippen LogP) is 3.76. The molecule has 0 saturated heterocycles. The molecule has 2 heterocycles. The summed E-state index contributed by atoms with van der Waals surface area (Å²) in [6.45, 7) is 6.08. The van der Waals surface area contributed by atoms with Crippen molar-refractivity contribution in [1.82, 2.24) is 9.97 Å². The monoisotopic (exact) mass is 375 g/mol. The van der Waals surface area contributed by atoms with E-state index in [0.717, 1.165) is 22.7 Å². The number of H-pyrrole nitrogens is 1. The van der Waals surface area contributed by atoms with E-state index in [1.54, 1.807) is 11.8 Å². The number of aromatic amines is 1. The molecule has 1 aliphatic heterocycles. The molecule has 2 N–H and O–H groups in total. The van der Waals surface area contributed by atoms with Crippen molar-refractivity contribution < 1.29 is 4.79 Å². The summed E-state index contributed by atoms with van der Waals surface area (Å²) in [5.41, 5.74) is 3.52. The van der Waals surface area contributed by atoms with Crippen LogP contribution in [0.15, 0.2) is 34.2 Å². The standard InChI is InChI=1S/C18H21N3O2S2/c1-10(2)12-4-6-13(7-5-12)19-16(22)11(3)25-18-20-15-9-24-8-14(15)17(23)21-18/h4-7,10-11H,8-9H2,1-3H3,(H,19,22)(H,20,21,23). The highest BCUT2D eigenvalue weighted by molar-refractivity contribution is 8.00. The van der Waals surface area contributed by atoms with E-state index in [1.807, 2.05) is 31.2 Å². The second kappa shape index (κ2) is 7.66. The highest BCUT2D eigenvalue weighted by Gasteiger charge is 2.21. The lowest BCUT2D eigenvalue weighted by molar-refractivity contribution is -0.115. The highest BCUT2D eigenvalue weighted by Crippen LogP contribution is 2.28. The van der Waals surface area contributed by atoms with Gasteiger partial charge in [0.1, 0.15) is 0 Å². The van der Waals surface area contributed by atoms with Crippen molar-refractivity contribution in [3.8, 4) is 0 Å². The van der Waals surface area contributed by atoms with E-state index in [-0.39, 0.29) is 16.7 Å². The number of anilines is 1. The third-order valence-corrected chi connectivity index (χ3v) is 6.02. The average molecular weight is 376 g/mol. The van der Waals surface area contributed by atoms with Gasteiger partial charge in [0.15, 0.2) is 5.16 Å². The van der Waals surface area contributed by atoms with Crippen LogP contribution >= 0.6 is 23.5 Å². The van der Waals surface area contributed by atoms with Crippen LogP contribution in [0, 0.1) is 0 Å². The van der Waals surface area contributed by atoms with Crippen molar-refractivity contribution in [3.63, 3.8) is 0 Å². The van der Waals surface area contributed by atoms with Gasteiger partial charge < -0.3 is 10.3 Å². The van der Waals surface area contributed by atoms with Gasteiger partial charge in [0, 0.05) is 22.8 Å². The molecule has 0 aliphatic carbocycles. The molecule has 2 aromatic rings. The number of fused-ring (bicyclic) bond motifs is 1. The summed E-state index contributed by atoms with van der Waals surface area (Å²) in [5, 5.41) is 3.05. The molecule has 0 saturated carbocycles. The average Bonchev–Trinajstić information content (AvgIpc) is 3.04. The van der Waals surface area contributed by atoms with Crippen LogP contribution in [0.1, 0.15) is 43.5 Å². The summed E-state index contributed by atoms with van der Waals surface area (Å²) >= 11 is 2.96. The van der Waals surface area contributed by atoms with Gasteiger partial charge in [-0.2, -0.15) is 11.8 Å². The number of thioether (sulfide) groups is 2. The normalized spacial score (nSPS) is 14.4. The first-order chi connectivity index (χ1) is 11.9. The Labute approximate surface area is 155 Å². The number of amides is 1. The molecule has 25 heavy (non-hydrogen) atoms. The Morgan fingerprint density at radius 3 is 2.64 bits per heavy atom. The van der Waals surface area contributed by atoms with Crippen LogP contribution in [0.2, 0.25) is 0 Å². The Morgan fingerprint density at radius 1 is 1.24 bits per heavy atom. The first kappa shape index (κ1) is 18.1. The quantitative estimate of drug-likeness (QED) is 0.615. The molecule has 0 spiro atoms. The minimum atomic E-state index is -0.361. The van der Waals surface area contributed by atoms with Gasteiger partial charge in [0.05, 0.1) is 10.9 Å². The van der Waals surface area contributed by atoms with Gasteiger partial charge in [-0.15, -0.1) is 0 Å². The maximum atomic E-state index is 12.4. The molecule has 1 aliphatic rings. The van der Waals surface area contributed by atoms with Crippen LogP contribution in [0.3, 0.4) is 0 Å². The smallest absolute Gasteiger partial charge is 0.255 e. The second-order valence-electron chi connectivity index (χ2n) is 6.32. The van der Waals surface area contributed by atoms with Gasteiger partial charge in [0.25, 0.3) is 5.56 Å². The number of aromatic nitrogens is 2. The van der Waals surface area contributed by atoms with Crippen molar-refractivity contribution >= 4 is 35.1 Å².